The number of nitrogens with one attached hydrogen (secondary N) is 2. The van der Waals surface area contributed by atoms with Gasteiger partial charge in [0, 0.05) is 18.5 Å². The zero-order chi connectivity index (χ0) is 16.2. The number of hydrogen-bond acceptors (Lipinski definition) is 5. The van der Waals surface area contributed by atoms with E-state index in [1.54, 1.807) is 26.1 Å². The Morgan fingerprint density at radius 1 is 1.10 bits per heavy atom. The molecule has 0 aromatic heterocycles. The normalized spacial score (nSPS) is 12.9. The van der Waals surface area contributed by atoms with Gasteiger partial charge < -0.3 is 15.2 Å². The largest absolute Gasteiger partial charge is 0.743 e. The Kier molecular flexibility index (Phi) is 6.02. The topological polar surface area (TPSA) is 115 Å². The fraction of sp³-hybridized carbons (Fsp3) is 0.800. The number of carbonyl (C=O) groups excluding carboxylic acids is 2. The standard InChI is InChI=1S/C10H18F2N2O5S/c1-4-9(2,3)7(15)13-5-6-14-8(16)10(11,12)20(17,18)19/h4-6H2,1-3H3,(H,13,15)(H,14,16)(H,17,18,19)/p-1. The summed E-state index contributed by atoms with van der Waals surface area (Å²) < 4.78 is 56.0. The van der Waals surface area contributed by atoms with E-state index in [2.05, 4.69) is 5.32 Å². The van der Waals surface area contributed by atoms with E-state index in [0.717, 1.165) is 0 Å². The smallest absolute Gasteiger partial charge is 0.410 e. The van der Waals surface area contributed by atoms with E-state index in [0.29, 0.717) is 6.42 Å². The van der Waals surface area contributed by atoms with Gasteiger partial charge in [0.25, 0.3) is 0 Å². The van der Waals surface area contributed by atoms with Gasteiger partial charge in [-0.1, -0.05) is 20.8 Å². The minimum absolute atomic E-state index is 0.164. The highest BCUT2D eigenvalue weighted by Gasteiger charge is 2.46. The van der Waals surface area contributed by atoms with E-state index >= 15 is 0 Å². The molecule has 0 radical (unpaired) electrons. The van der Waals surface area contributed by atoms with E-state index < -0.39 is 33.2 Å². The van der Waals surface area contributed by atoms with Crippen molar-refractivity contribution in [2.75, 3.05) is 13.1 Å². The van der Waals surface area contributed by atoms with Gasteiger partial charge in [-0.2, -0.15) is 8.78 Å². The molecule has 0 heterocycles. The first-order valence-electron chi connectivity index (χ1n) is 5.76. The molecule has 0 aliphatic carbocycles. The summed E-state index contributed by atoms with van der Waals surface area (Å²) in [6.07, 6.45) is 0.553. The molecule has 7 nitrogen and oxygen atoms in total. The number of halogens is 2. The van der Waals surface area contributed by atoms with Gasteiger partial charge in [0.05, 0.1) is 0 Å². The molecule has 0 aliphatic heterocycles. The van der Waals surface area contributed by atoms with Crippen molar-refractivity contribution in [1.82, 2.24) is 10.6 Å². The summed E-state index contributed by atoms with van der Waals surface area (Å²) in [5.41, 5.74) is -0.647. The third kappa shape index (κ3) is 4.67. The Bertz CT molecular complexity index is 476. The summed E-state index contributed by atoms with van der Waals surface area (Å²) in [4.78, 5) is 22.4. The van der Waals surface area contributed by atoms with Crippen LogP contribution in [0.15, 0.2) is 0 Å². The van der Waals surface area contributed by atoms with Crippen LogP contribution in [0.25, 0.3) is 0 Å². The van der Waals surface area contributed by atoms with Gasteiger partial charge in [-0.05, 0) is 6.42 Å². The van der Waals surface area contributed by atoms with Crippen LogP contribution in [0.4, 0.5) is 8.78 Å². The molecule has 0 spiro atoms. The summed E-state index contributed by atoms with van der Waals surface area (Å²) in [5, 5.41) is -1.06. The Balaban J connectivity index is 4.29. The van der Waals surface area contributed by atoms with Crippen LogP contribution < -0.4 is 10.6 Å². The molecule has 20 heavy (non-hydrogen) atoms. The van der Waals surface area contributed by atoms with E-state index in [-0.39, 0.29) is 12.5 Å². The maximum absolute atomic E-state index is 12.8. The average molecular weight is 315 g/mol. The van der Waals surface area contributed by atoms with Gasteiger partial charge in [0.1, 0.15) is 0 Å². The number of rotatable bonds is 7. The van der Waals surface area contributed by atoms with Crippen molar-refractivity contribution < 1.29 is 31.3 Å². The highest BCUT2D eigenvalue weighted by atomic mass is 32.2. The quantitative estimate of drug-likeness (QED) is 0.498. The number of amides is 2. The lowest BCUT2D eigenvalue weighted by Crippen LogP contribution is -2.48. The Morgan fingerprint density at radius 2 is 1.50 bits per heavy atom. The van der Waals surface area contributed by atoms with Crippen molar-refractivity contribution in [1.29, 1.82) is 0 Å². The molecule has 118 valence electrons. The minimum Gasteiger partial charge on any atom is -0.743 e. The highest BCUT2D eigenvalue weighted by molar-refractivity contribution is 7.87. The lowest BCUT2D eigenvalue weighted by atomic mass is 9.89. The van der Waals surface area contributed by atoms with Crippen molar-refractivity contribution in [3.63, 3.8) is 0 Å². The second kappa shape index (κ2) is 6.44. The third-order valence-corrected chi connectivity index (χ3v) is 3.59. The molecule has 0 saturated heterocycles. The van der Waals surface area contributed by atoms with Crippen LogP contribution in [-0.4, -0.2) is 43.1 Å². The molecule has 10 heteroatoms. The van der Waals surface area contributed by atoms with Crippen LogP contribution in [0.1, 0.15) is 27.2 Å². The molecular formula is C10H17F2N2O5S-. The third-order valence-electron chi connectivity index (χ3n) is 2.77. The molecule has 0 atom stereocenters. The van der Waals surface area contributed by atoms with Crippen molar-refractivity contribution in [3.8, 4) is 0 Å². The minimum atomic E-state index is -6.06. The summed E-state index contributed by atoms with van der Waals surface area (Å²) >= 11 is 0. The molecule has 0 fully saturated rings. The molecule has 0 saturated carbocycles. The van der Waals surface area contributed by atoms with Gasteiger partial charge in [-0.15, -0.1) is 0 Å². The summed E-state index contributed by atoms with van der Waals surface area (Å²) in [6.45, 7) is 4.57. The van der Waals surface area contributed by atoms with Gasteiger partial charge in [0.2, 0.25) is 5.91 Å². The molecular weight excluding hydrogens is 298 g/mol. The number of hydrogen-bond donors (Lipinski definition) is 2. The van der Waals surface area contributed by atoms with Crippen LogP contribution >= 0.6 is 0 Å². The Morgan fingerprint density at radius 3 is 1.85 bits per heavy atom. The van der Waals surface area contributed by atoms with E-state index in [1.165, 1.54) is 0 Å². The Hall–Kier alpha value is -1.29. The molecule has 0 aliphatic rings. The maximum Gasteiger partial charge on any atom is 0.410 e. The van der Waals surface area contributed by atoms with Crippen LogP contribution in [-0.2, 0) is 19.7 Å². The van der Waals surface area contributed by atoms with Gasteiger partial charge in [0.15, 0.2) is 10.1 Å². The molecule has 0 aromatic rings. The van der Waals surface area contributed by atoms with Gasteiger partial charge >= 0.3 is 11.2 Å². The molecule has 0 bridgehead atoms. The first-order valence-corrected chi connectivity index (χ1v) is 7.17. The van der Waals surface area contributed by atoms with Crippen LogP contribution in [0, 0.1) is 5.41 Å². The first kappa shape index (κ1) is 18.7. The van der Waals surface area contributed by atoms with Crippen LogP contribution in [0.5, 0.6) is 0 Å². The zero-order valence-corrected chi connectivity index (χ0v) is 12.1. The Labute approximate surface area is 115 Å². The van der Waals surface area contributed by atoms with Gasteiger partial charge in [-0.3, -0.25) is 9.59 Å². The monoisotopic (exact) mass is 315 g/mol. The number of alkyl halides is 2. The van der Waals surface area contributed by atoms with E-state index in [1.807, 2.05) is 0 Å². The second-order valence-electron chi connectivity index (χ2n) is 4.72. The molecule has 0 rings (SSSR count). The lowest BCUT2D eigenvalue weighted by Gasteiger charge is -2.22. The van der Waals surface area contributed by atoms with Crippen molar-refractivity contribution in [2.24, 2.45) is 5.41 Å². The van der Waals surface area contributed by atoms with E-state index in [9.17, 15) is 31.3 Å². The second-order valence-corrected chi connectivity index (χ2v) is 6.14. The fourth-order valence-electron chi connectivity index (χ4n) is 0.968. The fourth-order valence-corrected chi connectivity index (χ4v) is 1.27. The molecule has 2 N–H and O–H groups in total. The van der Waals surface area contributed by atoms with Crippen molar-refractivity contribution in [2.45, 2.75) is 32.4 Å². The predicted molar refractivity (Wildman–Crippen MR) is 64.7 cm³/mol. The average Bonchev–Trinajstić information content (AvgIpc) is 2.32. The highest BCUT2D eigenvalue weighted by Crippen LogP contribution is 2.20. The molecule has 0 aromatic carbocycles. The lowest BCUT2D eigenvalue weighted by molar-refractivity contribution is -0.136. The summed E-state index contributed by atoms with van der Waals surface area (Å²) in [6, 6.07) is 0. The van der Waals surface area contributed by atoms with Crippen LogP contribution in [0.3, 0.4) is 0 Å². The predicted octanol–water partition coefficient (Wildman–Crippen LogP) is -0.207. The molecule has 2 amide bonds. The SMILES string of the molecule is CCC(C)(C)C(=O)NCCNC(=O)C(F)(F)S(=O)(=O)[O-]. The summed E-state index contributed by atoms with van der Waals surface area (Å²) in [7, 11) is -6.06. The van der Waals surface area contributed by atoms with Crippen molar-refractivity contribution >= 4 is 21.9 Å². The molecule has 0 unspecified atom stereocenters. The maximum atomic E-state index is 12.8. The first-order chi connectivity index (χ1) is 8.86. The number of carbonyl (C=O) groups is 2. The van der Waals surface area contributed by atoms with Crippen molar-refractivity contribution in [3.05, 3.63) is 0 Å². The zero-order valence-electron chi connectivity index (χ0n) is 11.3. The van der Waals surface area contributed by atoms with E-state index in [4.69, 9.17) is 0 Å². The van der Waals surface area contributed by atoms with Gasteiger partial charge in [-0.25, -0.2) is 8.42 Å². The summed E-state index contributed by atoms with van der Waals surface area (Å²) in [5.74, 6) is -2.55. The van der Waals surface area contributed by atoms with Crippen LogP contribution in [0.2, 0.25) is 0 Å².